The second-order valence-electron chi connectivity index (χ2n) is 6.04. The summed E-state index contributed by atoms with van der Waals surface area (Å²) in [7, 11) is 0. The molecule has 6 nitrogen and oxygen atoms in total. The molecular formula is C17H26N2O4. The minimum Gasteiger partial charge on any atom is -0.465 e. The van der Waals surface area contributed by atoms with Gasteiger partial charge >= 0.3 is 6.09 Å². The van der Waals surface area contributed by atoms with Crippen LogP contribution in [0, 0.1) is 0 Å². The molecule has 1 aromatic carbocycles. The molecule has 2 atom stereocenters. The number of aliphatic hydroxyl groups is 1. The summed E-state index contributed by atoms with van der Waals surface area (Å²) in [6.45, 7) is 0.189. The van der Waals surface area contributed by atoms with E-state index in [4.69, 9.17) is 9.94 Å². The summed E-state index contributed by atoms with van der Waals surface area (Å²) in [6, 6.07) is 8.93. The Morgan fingerprint density at radius 2 is 1.91 bits per heavy atom. The summed E-state index contributed by atoms with van der Waals surface area (Å²) in [4.78, 5) is 16.5. The molecular weight excluding hydrogens is 296 g/mol. The van der Waals surface area contributed by atoms with E-state index in [0.29, 0.717) is 6.42 Å². The van der Waals surface area contributed by atoms with Gasteiger partial charge in [0.2, 0.25) is 0 Å². The van der Waals surface area contributed by atoms with Crippen molar-refractivity contribution in [3.63, 3.8) is 0 Å². The first-order valence-corrected chi connectivity index (χ1v) is 8.25. The Kier molecular flexibility index (Phi) is 7.32. The number of hydrogen-bond acceptors (Lipinski definition) is 4. The molecule has 0 saturated heterocycles. The van der Waals surface area contributed by atoms with Crippen molar-refractivity contribution < 1.29 is 19.8 Å². The molecule has 4 N–H and O–H groups in total. The van der Waals surface area contributed by atoms with Crippen molar-refractivity contribution in [3.8, 4) is 0 Å². The van der Waals surface area contributed by atoms with Crippen LogP contribution in [0.25, 0.3) is 0 Å². The fourth-order valence-corrected chi connectivity index (χ4v) is 2.89. The summed E-state index contributed by atoms with van der Waals surface area (Å²) in [5, 5.41) is 21.6. The molecule has 1 saturated carbocycles. The maximum absolute atomic E-state index is 11.0. The molecule has 128 valence electrons. The molecule has 2 rings (SSSR count). The fourth-order valence-electron chi connectivity index (χ4n) is 2.89. The van der Waals surface area contributed by atoms with Crippen LogP contribution in [0.1, 0.15) is 37.7 Å². The highest BCUT2D eigenvalue weighted by atomic mass is 16.7. The number of hydroxylamine groups is 1. The summed E-state index contributed by atoms with van der Waals surface area (Å²) >= 11 is 0. The summed E-state index contributed by atoms with van der Waals surface area (Å²) in [5.74, 6) is 0. The first kappa shape index (κ1) is 17.7. The topological polar surface area (TPSA) is 90.8 Å². The van der Waals surface area contributed by atoms with Gasteiger partial charge in [-0.15, -0.1) is 0 Å². The third kappa shape index (κ3) is 6.56. The van der Waals surface area contributed by atoms with Crippen molar-refractivity contribution in [3.05, 3.63) is 35.9 Å². The lowest BCUT2D eigenvalue weighted by Gasteiger charge is -2.26. The predicted octanol–water partition coefficient (Wildman–Crippen LogP) is 2.08. The van der Waals surface area contributed by atoms with Gasteiger partial charge in [-0.3, -0.25) is 4.84 Å². The van der Waals surface area contributed by atoms with Gasteiger partial charge in [0, 0.05) is 6.54 Å². The first-order valence-electron chi connectivity index (χ1n) is 8.25. The van der Waals surface area contributed by atoms with Crippen molar-refractivity contribution in [2.24, 2.45) is 0 Å². The van der Waals surface area contributed by atoms with Gasteiger partial charge in [-0.25, -0.2) is 4.79 Å². The third-order valence-electron chi connectivity index (χ3n) is 4.17. The number of amides is 1. The molecule has 0 aliphatic heterocycles. The zero-order valence-corrected chi connectivity index (χ0v) is 13.3. The van der Waals surface area contributed by atoms with E-state index in [1.165, 1.54) is 19.3 Å². The number of carboxylic acid groups (broad SMARTS) is 1. The number of hydrogen-bond donors (Lipinski definition) is 4. The Hall–Kier alpha value is -1.63. The highest BCUT2D eigenvalue weighted by Crippen LogP contribution is 2.19. The van der Waals surface area contributed by atoms with Gasteiger partial charge in [0.1, 0.15) is 0 Å². The van der Waals surface area contributed by atoms with E-state index in [1.807, 2.05) is 30.3 Å². The molecule has 0 radical (unpaired) electrons. The Morgan fingerprint density at radius 1 is 1.22 bits per heavy atom. The van der Waals surface area contributed by atoms with Crippen LogP contribution in [0.4, 0.5) is 4.79 Å². The highest BCUT2D eigenvalue weighted by molar-refractivity contribution is 5.65. The quantitative estimate of drug-likeness (QED) is 0.550. The smallest absolute Gasteiger partial charge is 0.404 e. The van der Waals surface area contributed by atoms with E-state index in [0.717, 1.165) is 18.4 Å². The van der Waals surface area contributed by atoms with E-state index >= 15 is 0 Å². The predicted molar refractivity (Wildman–Crippen MR) is 87.1 cm³/mol. The minimum absolute atomic E-state index is 0.189. The highest BCUT2D eigenvalue weighted by Gasteiger charge is 2.22. The fraction of sp³-hybridized carbons (Fsp3) is 0.588. The van der Waals surface area contributed by atoms with Gasteiger partial charge in [0.05, 0.1) is 18.2 Å². The standard InChI is InChI=1S/C17H26N2O4/c20-16(12-18-23-14-9-5-2-6-10-14)15(19-17(21)22)11-13-7-3-1-4-8-13/h1,3-4,7-8,14-16,18-20H,2,5-6,9-12H2,(H,21,22)/t15?,16-/m0/s1. The van der Waals surface area contributed by atoms with Crippen LogP contribution in [0.15, 0.2) is 30.3 Å². The van der Waals surface area contributed by atoms with Gasteiger partial charge in [-0.2, -0.15) is 5.48 Å². The summed E-state index contributed by atoms with van der Waals surface area (Å²) in [6.07, 6.45) is 4.28. The lowest BCUT2D eigenvalue weighted by molar-refractivity contribution is -0.0581. The second-order valence-corrected chi connectivity index (χ2v) is 6.04. The molecule has 1 amide bonds. The molecule has 1 aliphatic rings. The van der Waals surface area contributed by atoms with Crippen LogP contribution in [0.3, 0.4) is 0 Å². The maximum Gasteiger partial charge on any atom is 0.404 e. The monoisotopic (exact) mass is 322 g/mol. The lowest BCUT2D eigenvalue weighted by Crippen LogP contribution is -2.48. The Labute approximate surface area is 136 Å². The molecule has 1 aromatic rings. The van der Waals surface area contributed by atoms with Crippen LogP contribution < -0.4 is 10.8 Å². The average molecular weight is 322 g/mol. The molecule has 0 bridgehead atoms. The third-order valence-corrected chi connectivity index (χ3v) is 4.17. The Morgan fingerprint density at radius 3 is 2.57 bits per heavy atom. The minimum atomic E-state index is -1.14. The van der Waals surface area contributed by atoms with Crippen LogP contribution in [0.5, 0.6) is 0 Å². The van der Waals surface area contributed by atoms with Crippen molar-refractivity contribution in [1.29, 1.82) is 0 Å². The SMILES string of the molecule is O=C(O)NC(Cc1ccccc1)[C@@H](O)CNOC1CCCCC1. The maximum atomic E-state index is 11.0. The molecule has 6 heteroatoms. The average Bonchev–Trinajstić information content (AvgIpc) is 2.56. The molecule has 0 spiro atoms. The zero-order valence-electron chi connectivity index (χ0n) is 13.3. The number of nitrogens with one attached hydrogen (secondary N) is 2. The molecule has 0 aromatic heterocycles. The number of benzene rings is 1. The van der Waals surface area contributed by atoms with Crippen molar-refractivity contribution >= 4 is 6.09 Å². The molecule has 0 heterocycles. The summed E-state index contributed by atoms with van der Waals surface area (Å²) in [5.41, 5.74) is 3.78. The van der Waals surface area contributed by atoms with Crippen molar-refractivity contribution in [1.82, 2.24) is 10.8 Å². The van der Waals surface area contributed by atoms with Crippen LogP contribution in [-0.2, 0) is 11.3 Å². The van der Waals surface area contributed by atoms with Crippen molar-refractivity contribution in [2.75, 3.05) is 6.54 Å². The second kappa shape index (κ2) is 9.50. The summed E-state index contributed by atoms with van der Waals surface area (Å²) < 4.78 is 0. The van der Waals surface area contributed by atoms with Gasteiger partial charge in [-0.1, -0.05) is 49.6 Å². The Bertz CT molecular complexity index is 463. The lowest BCUT2D eigenvalue weighted by atomic mass is 9.98. The van der Waals surface area contributed by atoms with Gasteiger partial charge in [0.25, 0.3) is 0 Å². The van der Waals surface area contributed by atoms with E-state index < -0.39 is 18.2 Å². The first-order chi connectivity index (χ1) is 11.1. The molecule has 1 aliphatic carbocycles. The largest absolute Gasteiger partial charge is 0.465 e. The van der Waals surface area contributed by atoms with Crippen LogP contribution in [0.2, 0.25) is 0 Å². The van der Waals surface area contributed by atoms with E-state index in [9.17, 15) is 9.90 Å². The molecule has 23 heavy (non-hydrogen) atoms. The van der Waals surface area contributed by atoms with Crippen LogP contribution in [-0.4, -0.2) is 41.1 Å². The normalized spacial score (nSPS) is 18.3. The zero-order chi connectivity index (χ0) is 16.5. The Balaban J connectivity index is 1.80. The molecule has 1 fully saturated rings. The molecule has 1 unspecified atom stereocenters. The van der Waals surface area contributed by atoms with Crippen LogP contribution >= 0.6 is 0 Å². The van der Waals surface area contributed by atoms with Crippen molar-refractivity contribution in [2.45, 2.75) is 56.8 Å². The number of aliphatic hydroxyl groups excluding tert-OH is 1. The van der Waals surface area contributed by atoms with Gasteiger partial charge in [-0.05, 0) is 24.8 Å². The van der Waals surface area contributed by atoms with E-state index in [2.05, 4.69) is 10.8 Å². The number of carbonyl (C=O) groups is 1. The van der Waals surface area contributed by atoms with Gasteiger partial charge in [0.15, 0.2) is 0 Å². The van der Waals surface area contributed by atoms with E-state index in [-0.39, 0.29) is 12.6 Å². The van der Waals surface area contributed by atoms with Gasteiger partial charge < -0.3 is 15.5 Å². The van der Waals surface area contributed by atoms with E-state index in [1.54, 1.807) is 0 Å². The number of rotatable bonds is 8.